The van der Waals surface area contributed by atoms with E-state index in [9.17, 15) is 4.79 Å². The number of aliphatic hydroxyl groups excluding tert-OH is 2. The minimum atomic E-state index is -0.795. The normalized spacial score (nSPS) is 14.0. The largest absolute Gasteiger partial charge is 0.508 e. The van der Waals surface area contributed by atoms with Gasteiger partial charge in [-0.2, -0.15) is 0 Å². The van der Waals surface area contributed by atoms with Crippen LogP contribution in [-0.2, 0) is 18.9 Å². The molecule has 2 unspecified atom stereocenters. The molecule has 0 aromatic carbocycles. The fraction of sp³-hybridized carbons (Fsp3) is 0.909. The van der Waals surface area contributed by atoms with Crippen LogP contribution in [0.4, 0.5) is 4.79 Å². The predicted octanol–water partition coefficient (Wildman–Crippen LogP) is -0.0656. The van der Waals surface area contributed by atoms with Gasteiger partial charge in [0.25, 0.3) is 0 Å². The molecule has 0 aromatic heterocycles. The van der Waals surface area contributed by atoms with E-state index >= 15 is 0 Å². The summed E-state index contributed by atoms with van der Waals surface area (Å²) in [6.07, 6.45) is -1.87. The molecule has 0 aromatic rings. The third-order valence-corrected chi connectivity index (χ3v) is 1.61. The quantitative estimate of drug-likeness (QED) is 0.422. The molecule has 0 bridgehead atoms. The third kappa shape index (κ3) is 13.2. The molecule has 0 radical (unpaired) electrons. The van der Waals surface area contributed by atoms with Crippen LogP contribution in [0.15, 0.2) is 0 Å². The van der Waals surface area contributed by atoms with E-state index in [0.717, 1.165) is 0 Å². The molecule has 0 rings (SSSR count). The Hall–Kier alpha value is -0.890. The first-order valence-electron chi connectivity index (χ1n) is 5.83. The molecule has 7 heteroatoms. The fourth-order valence-electron chi connectivity index (χ4n) is 0.917. The maximum Gasteiger partial charge on any atom is 0.508 e. The summed E-state index contributed by atoms with van der Waals surface area (Å²) in [6, 6.07) is 0. The minimum Gasteiger partial charge on any atom is -0.432 e. The highest BCUT2D eigenvalue weighted by molar-refractivity contribution is 5.59. The highest BCUT2D eigenvalue weighted by Crippen LogP contribution is 1.89. The molecule has 2 atom stereocenters. The molecule has 0 spiro atoms. The van der Waals surface area contributed by atoms with E-state index < -0.39 is 18.4 Å². The lowest BCUT2D eigenvalue weighted by atomic mass is 10.4. The van der Waals surface area contributed by atoms with Gasteiger partial charge in [0.15, 0.2) is 0 Å². The second kappa shape index (κ2) is 11.2. The van der Waals surface area contributed by atoms with E-state index in [0.29, 0.717) is 0 Å². The Kier molecular flexibility index (Phi) is 10.7. The Labute approximate surface area is 107 Å². The van der Waals surface area contributed by atoms with Gasteiger partial charge in [-0.15, -0.1) is 0 Å². The zero-order valence-electron chi connectivity index (χ0n) is 10.8. The SMILES string of the molecule is CC(O)COCCOC(=O)OCCOCC(C)O. The first kappa shape index (κ1) is 17.1. The van der Waals surface area contributed by atoms with E-state index in [4.69, 9.17) is 19.7 Å². The average Bonchev–Trinajstić information content (AvgIpc) is 2.27. The van der Waals surface area contributed by atoms with Crippen LogP contribution in [0.5, 0.6) is 0 Å². The van der Waals surface area contributed by atoms with Crippen molar-refractivity contribution in [3.05, 3.63) is 0 Å². The molecule has 0 aliphatic rings. The van der Waals surface area contributed by atoms with E-state index in [-0.39, 0.29) is 39.6 Å². The third-order valence-electron chi connectivity index (χ3n) is 1.61. The maximum atomic E-state index is 11.0. The van der Waals surface area contributed by atoms with E-state index in [1.165, 1.54) is 0 Å². The molecule has 0 saturated heterocycles. The maximum absolute atomic E-state index is 11.0. The van der Waals surface area contributed by atoms with Crippen molar-refractivity contribution in [2.75, 3.05) is 39.6 Å². The molecular formula is C11H22O7. The van der Waals surface area contributed by atoms with Crippen molar-refractivity contribution in [3.63, 3.8) is 0 Å². The van der Waals surface area contributed by atoms with Crippen LogP contribution in [0.25, 0.3) is 0 Å². The molecule has 0 aliphatic heterocycles. The summed E-state index contributed by atoms with van der Waals surface area (Å²) < 4.78 is 19.3. The Morgan fingerprint density at radius 3 is 1.61 bits per heavy atom. The van der Waals surface area contributed by atoms with E-state index in [2.05, 4.69) is 9.47 Å². The predicted molar refractivity (Wildman–Crippen MR) is 62.3 cm³/mol. The van der Waals surface area contributed by atoms with Crippen LogP contribution in [0.2, 0.25) is 0 Å². The van der Waals surface area contributed by atoms with Crippen molar-refractivity contribution in [1.29, 1.82) is 0 Å². The highest BCUT2D eigenvalue weighted by Gasteiger charge is 2.04. The Balaban J connectivity index is 3.22. The fourth-order valence-corrected chi connectivity index (χ4v) is 0.917. The van der Waals surface area contributed by atoms with Gasteiger partial charge < -0.3 is 29.2 Å². The van der Waals surface area contributed by atoms with Crippen LogP contribution in [0.1, 0.15) is 13.8 Å². The van der Waals surface area contributed by atoms with Crippen LogP contribution >= 0.6 is 0 Å². The number of ether oxygens (including phenoxy) is 4. The van der Waals surface area contributed by atoms with Gasteiger partial charge in [-0.05, 0) is 13.8 Å². The van der Waals surface area contributed by atoms with Gasteiger partial charge in [-0.3, -0.25) is 0 Å². The zero-order chi connectivity index (χ0) is 13.8. The van der Waals surface area contributed by atoms with Gasteiger partial charge in [-0.25, -0.2) is 4.79 Å². The van der Waals surface area contributed by atoms with Crippen molar-refractivity contribution in [2.24, 2.45) is 0 Å². The summed E-state index contributed by atoms with van der Waals surface area (Å²) in [5, 5.41) is 17.8. The van der Waals surface area contributed by atoms with Gasteiger partial charge in [0, 0.05) is 0 Å². The summed E-state index contributed by atoms with van der Waals surface area (Å²) in [5.74, 6) is 0. The van der Waals surface area contributed by atoms with Crippen molar-refractivity contribution in [3.8, 4) is 0 Å². The monoisotopic (exact) mass is 266 g/mol. The molecule has 0 amide bonds. The summed E-state index contributed by atoms with van der Waals surface area (Å²) >= 11 is 0. The number of rotatable bonds is 10. The summed E-state index contributed by atoms with van der Waals surface area (Å²) in [7, 11) is 0. The topological polar surface area (TPSA) is 94.5 Å². The number of aliphatic hydroxyl groups is 2. The van der Waals surface area contributed by atoms with Crippen molar-refractivity contribution < 1.29 is 34.0 Å². The van der Waals surface area contributed by atoms with Crippen molar-refractivity contribution >= 4 is 6.16 Å². The van der Waals surface area contributed by atoms with Gasteiger partial charge in [0.2, 0.25) is 0 Å². The molecular weight excluding hydrogens is 244 g/mol. The first-order valence-corrected chi connectivity index (χ1v) is 5.83. The summed E-state index contributed by atoms with van der Waals surface area (Å²) in [5.41, 5.74) is 0. The zero-order valence-corrected chi connectivity index (χ0v) is 10.8. The Morgan fingerprint density at radius 2 is 1.28 bits per heavy atom. The van der Waals surface area contributed by atoms with Gasteiger partial charge in [-0.1, -0.05) is 0 Å². The number of hydrogen-bond acceptors (Lipinski definition) is 7. The second-order valence-corrected chi connectivity index (χ2v) is 3.79. The minimum absolute atomic E-state index is 0.0695. The van der Waals surface area contributed by atoms with Gasteiger partial charge in [0.1, 0.15) is 13.2 Å². The molecule has 0 aliphatic carbocycles. The number of carbonyl (C=O) groups excluding carboxylic acids is 1. The molecule has 0 saturated carbocycles. The standard InChI is InChI=1S/C11H22O7/c1-9(12)7-15-3-5-17-11(14)18-6-4-16-8-10(2)13/h9-10,12-13H,3-8H2,1-2H3. The molecule has 108 valence electrons. The lowest BCUT2D eigenvalue weighted by Gasteiger charge is -2.08. The van der Waals surface area contributed by atoms with Crippen LogP contribution in [0, 0.1) is 0 Å². The molecule has 0 heterocycles. The first-order chi connectivity index (χ1) is 8.52. The van der Waals surface area contributed by atoms with Gasteiger partial charge in [0.05, 0.1) is 38.6 Å². The lowest BCUT2D eigenvalue weighted by molar-refractivity contribution is -0.0102. The van der Waals surface area contributed by atoms with Crippen LogP contribution in [0.3, 0.4) is 0 Å². The summed E-state index contributed by atoms with van der Waals surface area (Å²) in [4.78, 5) is 11.0. The van der Waals surface area contributed by atoms with Gasteiger partial charge >= 0.3 is 6.16 Å². The lowest BCUT2D eigenvalue weighted by Crippen LogP contribution is -2.18. The molecule has 0 fully saturated rings. The molecule has 18 heavy (non-hydrogen) atoms. The smallest absolute Gasteiger partial charge is 0.432 e. The van der Waals surface area contributed by atoms with Crippen molar-refractivity contribution in [2.45, 2.75) is 26.1 Å². The number of hydrogen-bond donors (Lipinski definition) is 2. The molecule has 7 nitrogen and oxygen atoms in total. The average molecular weight is 266 g/mol. The van der Waals surface area contributed by atoms with Crippen LogP contribution in [-0.4, -0.2) is 68.2 Å². The van der Waals surface area contributed by atoms with E-state index in [1.54, 1.807) is 13.8 Å². The highest BCUT2D eigenvalue weighted by atomic mass is 16.7. The Bertz CT molecular complexity index is 186. The van der Waals surface area contributed by atoms with Crippen molar-refractivity contribution in [1.82, 2.24) is 0 Å². The molecule has 2 N–H and O–H groups in total. The number of carbonyl (C=O) groups is 1. The summed E-state index contributed by atoms with van der Waals surface area (Å²) in [6.45, 7) is 4.15. The van der Waals surface area contributed by atoms with E-state index in [1.807, 2.05) is 0 Å². The second-order valence-electron chi connectivity index (χ2n) is 3.79. The Morgan fingerprint density at radius 1 is 0.889 bits per heavy atom. The van der Waals surface area contributed by atoms with Crippen LogP contribution < -0.4 is 0 Å².